The summed E-state index contributed by atoms with van der Waals surface area (Å²) < 4.78 is 10.8. The van der Waals surface area contributed by atoms with Crippen LogP contribution in [0.3, 0.4) is 0 Å². The highest BCUT2D eigenvalue weighted by Gasteiger charge is 2.18. The van der Waals surface area contributed by atoms with Crippen LogP contribution >= 0.6 is 7.07 Å². The summed E-state index contributed by atoms with van der Waals surface area (Å²) >= 11 is 5.08. The second kappa shape index (κ2) is 6.80. The van der Waals surface area contributed by atoms with Gasteiger partial charge in [0.1, 0.15) is 0 Å². The average Bonchev–Trinajstić information content (AvgIpc) is 2.17. The second-order valence-electron chi connectivity index (χ2n) is 3.03. The molecule has 0 spiro atoms. The minimum Gasteiger partial charge on any atom is -0.377 e. The smallest absolute Gasteiger partial charge is 0.377 e. The van der Waals surface area contributed by atoms with Crippen molar-refractivity contribution in [1.29, 1.82) is 0 Å². The van der Waals surface area contributed by atoms with Gasteiger partial charge < -0.3 is 4.74 Å². The molecule has 1 aliphatic rings. The highest BCUT2D eigenvalue weighted by molar-refractivity contribution is 8.02. The van der Waals surface area contributed by atoms with Crippen LogP contribution in [-0.4, -0.2) is 25.9 Å². The summed E-state index contributed by atoms with van der Waals surface area (Å²) in [5.74, 6) is 0. The molecule has 3 nitrogen and oxygen atoms in total. The van der Waals surface area contributed by atoms with E-state index in [0.717, 1.165) is 19.6 Å². The van der Waals surface area contributed by atoms with Crippen molar-refractivity contribution in [3.8, 4) is 0 Å². The van der Waals surface area contributed by atoms with E-state index in [1.165, 1.54) is 12.8 Å². The summed E-state index contributed by atoms with van der Waals surface area (Å²) in [7, 11) is -0.852. The van der Waals surface area contributed by atoms with Gasteiger partial charge in [0.05, 0.1) is 19.3 Å². The predicted molar refractivity (Wildman–Crippen MR) is 57.5 cm³/mol. The van der Waals surface area contributed by atoms with Gasteiger partial charge in [0.2, 0.25) is 11.8 Å². The number of hydrogen-bond donors (Lipinski definition) is 1. The second-order valence-corrected chi connectivity index (χ2v) is 5.11. The third kappa shape index (κ3) is 4.99. The number of nitrogens with one attached hydrogen (secondary N) is 1. The Bertz CT molecular complexity index is 162. The Hall–Kier alpha value is 0.400. The van der Waals surface area contributed by atoms with Crippen molar-refractivity contribution < 1.29 is 9.26 Å². The van der Waals surface area contributed by atoms with E-state index in [-0.39, 0.29) is 0 Å². The van der Waals surface area contributed by atoms with Crippen molar-refractivity contribution in [1.82, 2.24) is 5.09 Å². The number of hydrogen-bond acceptors (Lipinski definition) is 3. The fourth-order valence-corrected chi connectivity index (χ4v) is 2.53. The Morgan fingerprint density at radius 2 is 2.46 bits per heavy atom. The minimum atomic E-state index is -0.852. The van der Waals surface area contributed by atoms with Crippen molar-refractivity contribution in [3.05, 3.63) is 0 Å². The Kier molecular flexibility index (Phi) is 6.00. The molecule has 76 valence electrons. The van der Waals surface area contributed by atoms with Gasteiger partial charge in [-0.2, -0.15) is 4.52 Å². The first-order chi connectivity index (χ1) is 6.33. The Balaban J connectivity index is 2.06. The van der Waals surface area contributed by atoms with E-state index in [1.807, 2.05) is 6.92 Å². The van der Waals surface area contributed by atoms with Gasteiger partial charge in [0.15, 0.2) is 0 Å². The summed E-state index contributed by atoms with van der Waals surface area (Å²) in [6, 6.07) is 0. The van der Waals surface area contributed by atoms with Crippen LogP contribution < -0.4 is 5.09 Å². The Labute approximate surface area is 85.7 Å². The molecule has 1 N–H and O–H groups in total. The first-order valence-corrected chi connectivity index (χ1v) is 7.05. The normalized spacial score (nSPS) is 24.4. The molecule has 5 heteroatoms. The molecule has 0 aromatic heterocycles. The van der Waals surface area contributed by atoms with Crippen LogP contribution in [0, 0.1) is 0 Å². The number of rotatable bonds is 5. The van der Waals surface area contributed by atoms with Crippen molar-refractivity contribution in [2.45, 2.75) is 32.3 Å². The molecule has 0 amide bonds. The monoisotopic (exact) mass is 222 g/mol. The molecule has 0 saturated carbocycles. The summed E-state index contributed by atoms with van der Waals surface area (Å²) in [4.78, 5) is 0. The van der Waals surface area contributed by atoms with Crippen LogP contribution in [0.15, 0.2) is 0 Å². The highest BCUT2D eigenvalue weighted by Crippen LogP contribution is 2.18. The van der Waals surface area contributed by atoms with Crippen LogP contribution in [0.4, 0.5) is 0 Å². The van der Waals surface area contributed by atoms with E-state index in [0.29, 0.717) is 12.7 Å². The quantitative estimate of drug-likeness (QED) is 0.720. The minimum absolute atomic E-state index is 0.349. The van der Waals surface area contributed by atoms with Crippen LogP contribution in [0.25, 0.3) is 0 Å². The fourth-order valence-electron chi connectivity index (χ4n) is 1.31. The predicted octanol–water partition coefficient (Wildman–Crippen LogP) is 1.96. The van der Waals surface area contributed by atoms with E-state index in [1.54, 1.807) is 0 Å². The molecule has 0 aliphatic carbocycles. The molecule has 0 aromatic rings. The molecule has 1 heterocycles. The summed E-state index contributed by atoms with van der Waals surface area (Å²) in [6.07, 6.45) is 3.97. The summed E-state index contributed by atoms with van der Waals surface area (Å²) in [6.45, 7) is 4.39. The van der Waals surface area contributed by atoms with Crippen molar-refractivity contribution in [3.63, 3.8) is 0 Å². The number of ether oxygens (including phenoxy) is 1. The van der Waals surface area contributed by atoms with E-state index >= 15 is 0 Å². The van der Waals surface area contributed by atoms with Crippen molar-refractivity contribution in [2.24, 2.45) is 0 Å². The topological polar surface area (TPSA) is 30.5 Å². The van der Waals surface area contributed by atoms with Gasteiger partial charge in [0.25, 0.3) is 0 Å². The zero-order valence-corrected chi connectivity index (χ0v) is 9.70. The van der Waals surface area contributed by atoms with Gasteiger partial charge in [-0.1, -0.05) is 0 Å². The first-order valence-electron chi connectivity index (χ1n) is 4.78. The maximum atomic E-state index is 5.55. The van der Waals surface area contributed by atoms with Crippen LogP contribution in [0.1, 0.15) is 26.2 Å². The molecule has 13 heavy (non-hydrogen) atoms. The van der Waals surface area contributed by atoms with E-state index in [4.69, 9.17) is 21.1 Å². The summed E-state index contributed by atoms with van der Waals surface area (Å²) in [5, 5.41) is 3.19. The lowest BCUT2D eigenvalue weighted by atomic mass is 10.1. The van der Waals surface area contributed by atoms with Crippen LogP contribution in [0.5, 0.6) is 0 Å². The zero-order chi connectivity index (χ0) is 9.52. The molecule has 0 bridgehead atoms. The first kappa shape index (κ1) is 11.5. The van der Waals surface area contributed by atoms with Gasteiger partial charge in [-0.15, -0.1) is 5.09 Å². The van der Waals surface area contributed by atoms with Gasteiger partial charge in [-0.25, -0.2) is 0 Å². The molecular weight excluding hydrogens is 205 g/mol. The van der Waals surface area contributed by atoms with Gasteiger partial charge >= 0.3 is 7.07 Å². The SMILES string of the molecule is CCO[P+](=S)NCC1CCCCO1. The molecule has 2 atom stereocenters. The van der Waals surface area contributed by atoms with E-state index < -0.39 is 7.07 Å². The Morgan fingerprint density at radius 3 is 3.08 bits per heavy atom. The van der Waals surface area contributed by atoms with E-state index in [2.05, 4.69) is 5.09 Å². The van der Waals surface area contributed by atoms with Gasteiger partial charge in [-0.3, -0.25) is 0 Å². The lowest BCUT2D eigenvalue weighted by molar-refractivity contribution is 0.0199. The van der Waals surface area contributed by atoms with Crippen molar-refractivity contribution in [2.75, 3.05) is 19.8 Å². The maximum absolute atomic E-state index is 5.55. The molecule has 0 radical (unpaired) electrons. The molecule has 2 unspecified atom stereocenters. The van der Waals surface area contributed by atoms with Crippen LogP contribution in [0.2, 0.25) is 0 Å². The standard InChI is InChI=1S/C8H17NO2PS/c1-2-11-12(13)9-7-8-5-3-4-6-10-8/h8H,2-7H2,1H3,(H,9,13)/q+1. The molecule has 1 rings (SSSR count). The van der Waals surface area contributed by atoms with Gasteiger partial charge in [0, 0.05) is 6.61 Å². The molecular formula is C8H17NO2PS+. The highest BCUT2D eigenvalue weighted by atomic mass is 32.4. The third-order valence-electron chi connectivity index (χ3n) is 1.97. The zero-order valence-electron chi connectivity index (χ0n) is 7.99. The third-order valence-corrected chi connectivity index (χ3v) is 3.61. The molecule has 1 saturated heterocycles. The van der Waals surface area contributed by atoms with Crippen molar-refractivity contribution >= 4 is 18.9 Å². The summed E-state index contributed by atoms with van der Waals surface area (Å²) in [5.41, 5.74) is 0. The fraction of sp³-hybridized carbons (Fsp3) is 1.00. The molecule has 1 fully saturated rings. The maximum Gasteiger partial charge on any atom is 0.439 e. The molecule has 0 aromatic carbocycles. The molecule has 1 aliphatic heterocycles. The lowest BCUT2D eigenvalue weighted by Gasteiger charge is -2.20. The lowest BCUT2D eigenvalue weighted by Crippen LogP contribution is -2.28. The Morgan fingerprint density at radius 1 is 1.62 bits per heavy atom. The largest absolute Gasteiger partial charge is 0.439 e. The van der Waals surface area contributed by atoms with Crippen LogP contribution in [-0.2, 0) is 21.1 Å². The average molecular weight is 222 g/mol. The van der Waals surface area contributed by atoms with E-state index in [9.17, 15) is 0 Å². The van der Waals surface area contributed by atoms with Gasteiger partial charge in [-0.05, 0) is 26.2 Å².